The fourth-order valence-corrected chi connectivity index (χ4v) is 6.86. The normalized spacial score (nSPS) is 19.3. The van der Waals surface area contributed by atoms with Gasteiger partial charge in [0.25, 0.3) is 10.0 Å². The average molecular weight is 395 g/mol. The van der Waals surface area contributed by atoms with Crippen LogP contribution >= 0.6 is 22.7 Å². The van der Waals surface area contributed by atoms with E-state index in [0.29, 0.717) is 10.8 Å². The second kappa shape index (κ2) is 6.64. The molecule has 0 radical (unpaired) electrons. The van der Waals surface area contributed by atoms with Gasteiger partial charge in [0.05, 0.1) is 21.6 Å². The third kappa shape index (κ3) is 3.17. The Bertz CT molecular complexity index is 959. The molecule has 9 heteroatoms. The fraction of sp³-hybridized carbons (Fsp3) is 0.375. The molecule has 1 saturated heterocycles. The Morgan fingerprint density at radius 3 is 2.92 bits per heavy atom. The third-order valence-corrected chi connectivity index (χ3v) is 8.56. The molecule has 132 valence electrons. The van der Waals surface area contributed by atoms with Crippen molar-refractivity contribution in [1.82, 2.24) is 19.3 Å². The molecular formula is C16H18N4O2S3. The molecule has 1 atom stereocenters. The van der Waals surface area contributed by atoms with Crippen molar-refractivity contribution in [2.24, 2.45) is 0 Å². The molecule has 1 unspecified atom stereocenters. The molecule has 0 bridgehead atoms. The molecule has 3 aromatic heterocycles. The maximum atomic E-state index is 13.2. The van der Waals surface area contributed by atoms with E-state index in [1.54, 1.807) is 34.1 Å². The van der Waals surface area contributed by atoms with E-state index in [2.05, 4.69) is 15.0 Å². The van der Waals surface area contributed by atoms with Crippen molar-refractivity contribution in [2.45, 2.75) is 36.4 Å². The summed E-state index contributed by atoms with van der Waals surface area (Å²) in [5.74, 6) is 0.718. The van der Waals surface area contributed by atoms with Gasteiger partial charge in [-0.05, 0) is 31.9 Å². The van der Waals surface area contributed by atoms with E-state index in [1.165, 1.54) is 11.3 Å². The number of imidazole rings is 1. The molecule has 3 aromatic rings. The quantitative estimate of drug-likeness (QED) is 0.730. The molecule has 0 spiro atoms. The number of aryl methyl sites for hydroxylation is 1. The van der Waals surface area contributed by atoms with Gasteiger partial charge in [-0.25, -0.2) is 18.4 Å². The smallest absolute Gasteiger partial charge is 0.253 e. The van der Waals surface area contributed by atoms with Crippen LogP contribution < -0.4 is 0 Å². The zero-order valence-corrected chi connectivity index (χ0v) is 16.1. The molecule has 0 aromatic carbocycles. The van der Waals surface area contributed by atoms with E-state index in [9.17, 15) is 8.42 Å². The Balaban J connectivity index is 1.67. The van der Waals surface area contributed by atoms with Gasteiger partial charge in [-0.2, -0.15) is 4.31 Å². The molecule has 0 saturated carbocycles. The maximum Gasteiger partial charge on any atom is 0.253 e. The number of hydrogen-bond acceptors (Lipinski definition) is 6. The first-order valence-electron chi connectivity index (χ1n) is 8.09. The summed E-state index contributed by atoms with van der Waals surface area (Å²) >= 11 is 2.85. The van der Waals surface area contributed by atoms with E-state index in [-0.39, 0.29) is 6.04 Å². The lowest BCUT2D eigenvalue weighted by Crippen LogP contribution is -2.38. The predicted octanol–water partition coefficient (Wildman–Crippen LogP) is 3.82. The van der Waals surface area contributed by atoms with Gasteiger partial charge in [-0.1, -0.05) is 6.42 Å². The summed E-state index contributed by atoms with van der Waals surface area (Å²) in [7, 11) is -3.55. The molecular weight excluding hydrogens is 376 g/mol. The summed E-state index contributed by atoms with van der Waals surface area (Å²) in [5.41, 5.74) is 0.843. The Morgan fingerprint density at radius 1 is 1.32 bits per heavy atom. The minimum Gasteiger partial charge on any atom is -0.347 e. The van der Waals surface area contributed by atoms with E-state index in [4.69, 9.17) is 0 Å². The van der Waals surface area contributed by atoms with E-state index >= 15 is 0 Å². The average Bonchev–Trinajstić information content (AvgIpc) is 3.36. The summed E-state index contributed by atoms with van der Waals surface area (Å²) in [6.45, 7) is 2.47. The first-order valence-corrected chi connectivity index (χ1v) is 11.2. The molecule has 1 aliphatic rings. The van der Waals surface area contributed by atoms with Crippen LogP contribution in [0.15, 0.2) is 34.1 Å². The minimum atomic E-state index is -3.55. The number of H-pyrrole nitrogens is 1. The van der Waals surface area contributed by atoms with Crippen LogP contribution in [0, 0.1) is 6.92 Å². The number of nitrogens with zero attached hydrogens (tertiary/aromatic N) is 3. The summed E-state index contributed by atoms with van der Waals surface area (Å²) in [6, 6.07) is 3.32. The number of piperidine rings is 1. The summed E-state index contributed by atoms with van der Waals surface area (Å²) in [6.07, 6.45) is 6.08. The number of aromatic amines is 1. The highest BCUT2D eigenvalue weighted by Crippen LogP contribution is 2.38. The largest absolute Gasteiger partial charge is 0.347 e. The number of thiazole rings is 1. The Morgan fingerprint density at radius 2 is 2.20 bits per heavy atom. The molecule has 4 rings (SSSR count). The predicted molar refractivity (Wildman–Crippen MR) is 99.2 cm³/mol. The molecule has 1 N–H and O–H groups in total. The van der Waals surface area contributed by atoms with Crippen LogP contribution in [0.5, 0.6) is 0 Å². The van der Waals surface area contributed by atoms with Crippen molar-refractivity contribution in [3.63, 3.8) is 0 Å². The number of sulfonamides is 1. The summed E-state index contributed by atoms with van der Waals surface area (Å²) < 4.78 is 28.4. The van der Waals surface area contributed by atoms with Crippen molar-refractivity contribution in [3.8, 4) is 10.6 Å². The number of hydrogen-bond donors (Lipinski definition) is 1. The van der Waals surface area contributed by atoms with Crippen LogP contribution in [0.4, 0.5) is 0 Å². The molecule has 4 heterocycles. The second-order valence-electron chi connectivity index (χ2n) is 5.97. The lowest BCUT2D eigenvalue weighted by molar-refractivity contribution is 0.248. The van der Waals surface area contributed by atoms with Gasteiger partial charge in [0.2, 0.25) is 0 Å². The van der Waals surface area contributed by atoms with Crippen LogP contribution in [0.1, 0.15) is 36.1 Å². The molecule has 0 aliphatic carbocycles. The van der Waals surface area contributed by atoms with Crippen LogP contribution in [0.25, 0.3) is 10.6 Å². The first-order chi connectivity index (χ1) is 12.1. The monoisotopic (exact) mass is 394 g/mol. The van der Waals surface area contributed by atoms with Gasteiger partial charge in [0, 0.05) is 24.3 Å². The number of rotatable bonds is 4. The Kier molecular flexibility index (Phi) is 4.48. The van der Waals surface area contributed by atoms with Gasteiger partial charge in [0.1, 0.15) is 10.0 Å². The minimum absolute atomic E-state index is 0.221. The highest BCUT2D eigenvalue weighted by molar-refractivity contribution is 7.91. The number of aromatic nitrogens is 3. The van der Waals surface area contributed by atoms with Gasteiger partial charge < -0.3 is 4.98 Å². The summed E-state index contributed by atoms with van der Waals surface area (Å²) in [5, 5.41) is 2.94. The van der Waals surface area contributed by atoms with Crippen molar-refractivity contribution < 1.29 is 8.42 Å². The number of nitrogens with one attached hydrogen (secondary N) is 1. The highest BCUT2D eigenvalue weighted by Gasteiger charge is 2.36. The zero-order chi connectivity index (χ0) is 17.4. The third-order valence-electron chi connectivity index (χ3n) is 4.30. The standard InChI is InChI=1S/C16H18N4O2S3/c1-11-19-12(10-23-11)14-5-6-15(24-14)25(21,22)20-9-3-2-4-13(20)16-17-7-8-18-16/h5-8,10,13H,2-4,9H2,1H3,(H,17,18). The van der Waals surface area contributed by atoms with Crippen molar-refractivity contribution >= 4 is 32.7 Å². The van der Waals surface area contributed by atoms with Crippen LogP contribution in [0.3, 0.4) is 0 Å². The van der Waals surface area contributed by atoms with Crippen molar-refractivity contribution in [2.75, 3.05) is 6.54 Å². The zero-order valence-electron chi connectivity index (χ0n) is 13.7. The SMILES string of the molecule is Cc1nc(-c2ccc(S(=O)(=O)N3CCCCC3c3ncc[nH]3)s2)cs1. The van der Waals surface area contributed by atoms with E-state index in [1.807, 2.05) is 18.4 Å². The topological polar surface area (TPSA) is 79.0 Å². The molecule has 1 aliphatic heterocycles. The van der Waals surface area contributed by atoms with Crippen molar-refractivity contribution in [3.05, 3.63) is 40.7 Å². The molecule has 1 fully saturated rings. The van der Waals surface area contributed by atoms with Gasteiger partial charge in [0.15, 0.2) is 0 Å². The maximum absolute atomic E-state index is 13.2. The van der Waals surface area contributed by atoms with Crippen molar-refractivity contribution in [1.29, 1.82) is 0 Å². The van der Waals surface area contributed by atoms with Gasteiger partial charge in [-0.3, -0.25) is 0 Å². The van der Waals surface area contributed by atoms with Gasteiger partial charge in [-0.15, -0.1) is 22.7 Å². The lowest BCUT2D eigenvalue weighted by atomic mass is 10.0. The lowest BCUT2D eigenvalue weighted by Gasteiger charge is -2.33. The van der Waals surface area contributed by atoms with Crippen LogP contribution in [-0.4, -0.2) is 34.2 Å². The molecule has 25 heavy (non-hydrogen) atoms. The van der Waals surface area contributed by atoms with Crippen LogP contribution in [-0.2, 0) is 10.0 Å². The highest BCUT2D eigenvalue weighted by atomic mass is 32.2. The second-order valence-corrected chi connectivity index (χ2v) is 10.2. The van der Waals surface area contributed by atoms with E-state index < -0.39 is 10.0 Å². The van der Waals surface area contributed by atoms with Crippen LogP contribution in [0.2, 0.25) is 0 Å². The Labute approximate surface area is 154 Å². The summed E-state index contributed by atoms with van der Waals surface area (Å²) in [4.78, 5) is 12.7. The first kappa shape index (κ1) is 16.9. The Hall–Kier alpha value is -1.55. The number of thiophene rings is 1. The molecule has 0 amide bonds. The molecule has 6 nitrogen and oxygen atoms in total. The van der Waals surface area contributed by atoms with E-state index in [0.717, 1.165) is 40.7 Å². The van der Waals surface area contributed by atoms with Gasteiger partial charge >= 0.3 is 0 Å². The fourth-order valence-electron chi connectivity index (χ4n) is 3.11.